The summed E-state index contributed by atoms with van der Waals surface area (Å²) >= 11 is 0. The van der Waals surface area contributed by atoms with Crippen molar-refractivity contribution in [3.8, 4) is 5.75 Å². The van der Waals surface area contributed by atoms with Gasteiger partial charge < -0.3 is 25.0 Å². The maximum atomic E-state index is 10.1. The molecule has 1 aliphatic rings. The molecule has 2 N–H and O–H groups in total. The van der Waals surface area contributed by atoms with Crippen molar-refractivity contribution in [2.24, 2.45) is 4.99 Å². The predicted molar refractivity (Wildman–Crippen MR) is 134 cm³/mol. The third-order valence-electron chi connectivity index (χ3n) is 5.25. The smallest absolute Gasteiger partial charge is 0.193 e. The van der Waals surface area contributed by atoms with Crippen LogP contribution in [0.3, 0.4) is 0 Å². The zero-order valence-electron chi connectivity index (χ0n) is 17.8. The van der Waals surface area contributed by atoms with E-state index in [-0.39, 0.29) is 30.1 Å². The van der Waals surface area contributed by atoms with Crippen molar-refractivity contribution in [1.82, 2.24) is 10.2 Å². The van der Waals surface area contributed by atoms with Crippen LogP contribution in [-0.2, 0) is 4.74 Å². The molecule has 1 aliphatic heterocycles. The normalized spacial score (nSPS) is 15.5. The Morgan fingerprint density at radius 2 is 1.73 bits per heavy atom. The molecule has 1 unspecified atom stereocenters. The number of aliphatic imine (C=N–C) groups is 1. The summed E-state index contributed by atoms with van der Waals surface area (Å²) < 4.78 is 5.94. The molecule has 2 aromatic rings. The monoisotopic (exact) mass is 524 g/mol. The van der Waals surface area contributed by atoms with Crippen LogP contribution < -0.4 is 10.2 Å². The first-order valence-corrected chi connectivity index (χ1v) is 10.3. The maximum absolute atomic E-state index is 10.1. The number of nitrogens with one attached hydrogen (secondary N) is 1. The fraction of sp³-hybridized carbons (Fsp3) is 0.435. The second-order valence-electron chi connectivity index (χ2n) is 7.21. The number of guanidine groups is 1. The number of hydrogen-bond acceptors (Lipinski definition) is 4. The molecule has 0 amide bonds. The molecule has 0 bridgehead atoms. The maximum Gasteiger partial charge on any atom is 0.193 e. The number of anilines is 1. The van der Waals surface area contributed by atoms with Gasteiger partial charge in [-0.15, -0.1) is 24.0 Å². The summed E-state index contributed by atoms with van der Waals surface area (Å²) in [6.45, 7) is 7.08. The summed E-state index contributed by atoms with van der Waals surface area (Å²) in [6.07, 6.45) is 1.03. The van der Waals surface area contributed by atoms with Crippen molar-refractivity contribution >= 4 is 35.6 Å². The van der Waals surface area contributed by atoms with Crippen molar-refractivity contribution in [1.29, 1.82) is 0 Å². The second-order valence-corrected chi connectivity index (χ2v) is 7.21. The fourth-order valence-corrected chi connectivity index (χ4v) is 3.58. The van der Waals surface area contributed by atoms with Gasteiger partial charge in [-0.2, -0.15) is 0 Å². The topological polar surface area (TPSA) is 60.3 Å². The summed E-state index contributed by atoms with van der Waals surface area (Å²) in [5.41, 5.74) is 2.11. The minimum Gasteiger partial charge on any atom is -0.506 e. The highest BCUT2D eigenvalue weighted by molar-refractivity contribution is 14.0. The van der Waals surface area contributed by atoms with Gasteiger partial charge in [0.05, 0.1) is 11.8 Å². The lowest BCUT2D eigenvalue weighted by Crippen LogP contribution is -2.52. The van der Waals surface area contributed by atoms with E-state index in [4.69, 9.17) is 4.74 Å². The number of phenolic OH excluding ortho intramolecular Hbond substituents is 1. The van der Waals surface area contributed by atoms with Gasteiger partial charge in [-0.1, -0.05) is 42.5 Å². The number of halogens is 1. The third-order valence-corrected chi connectivity index (χ3v) is 5.25. The van der Waals surface area contributed by atoms with E-state index in [1.807, 2.05) is 43.4 Å². The molecule has 0 radical (unpaired) electrons. The van der Waals surface area contributed by atoms with Crippen molar-refractivity contribution in [2.75, 3.05) is 51.3 Å². The van der Waals surface area contributed by atoms with Crippen LogP contribution in [0.1, 0.15) is 25.0 Å². The van der Waals surface area contributed by atoms with Crippen molar-refractivity contribution in [3.63, 3.8) is 0 Å². The van der Waals surface area contributed by atoms with Gasteiger partial charge in [0.1, 0.15) is 5.75 Å². The van der Waals surface area contributed by atoms with Crippen LogP contribution >= 0.6 is 24.0 Å². The number of para-hydroxylation sites is 2. The molecular formula is C23H33IN4O2. The third kappa shape index (κ3) is 6.77. The van der Waals surface area contributed by atoms with E-state index in [0.29, 0.717) is 12.4 Å². The number of benzene rings is 2. The van der Waals surface area contributed by atoms with Crippen LogP contribution in [0, 0.1) is 0 Å². The molecule has 3 rings (SSSR count). The minimum atomic E-state index is 0. The average molecular weight is 524 g/mol. The number of hydrogen-bond donors (Lipinski definition) is 2. The standard InChI is InChI=1S/C23H32N4O2.HI/c1-19(20-9-4-3-5-10-20)29-18-8-13-25-23(24-2)27-16-14-26(15-17-27)21-11-6-7-12-22(21)28;/h3-7,9-12,19,28H,8,13-18H2,1-2H3,(H,24,25);1H. The Bertz CT molecular complexity index is 780. The number of piperazine rings is 1. The SMILES string of the molecule is CN=C(NCCCOC(C)c1ccccc1)N1CCN(c2ccccc2O)CC1.I. The van der Waals surface area contributed by atoms with Gasteiger partial charge in [-0.25, -0.2) is 0 Å². The summed E-state index contributed by atoms with van der Waals surface area (Å²) in [5.74, 6) is 1.27. The average Bonchev–Trinajstić information content (AvgIpc) is 2.77. The molecule has 0 spiro atoms. The Kier molecular flexibility index (Phi) is 10.2. The van der Waals surface area contributed by atoms with E-state index in [1.54, 1.807) is 6.07 Å². The van der Waals surface area contributed by atoms with Crippen molar-refractivity contribution < 1.29 is 9.84 Å². The van der Waals surface area contributed by atoms with Crippen LogP contribution in [0.2, 0.25) is 0 Å². The second kappa shape index (κ2) is 12.6. The first kappa shape index (κ1) is 24.3. The first-order chi connectivity index (χ1) is 14.2. The Balaban J connectivity index is 0.00000320. The highest BCUT2D eigenvalue weighted by Crippen LogP contribution is 2.27. The molecule has 7 heteroatoms. The molecule has 1 fully saturated rings. The van der Waals surface area contributed by atoms with Gasteiger partial charge >= 0.3 is 0 Å². The molecule has 2 aromatic carbocycles. The van der Waals surface area contributed by atoms with E-state index in [2.05, 4.69) is 39.2 Å². The van der Waals surface area contributed by atoms with E-state index >= 15 is 0 Å². The summed E-state index contributed by atoms with van der Waals surface area (Å²) in [4.78, 5) is 8.92. The van der Waals surface area contributed by atoms with Gasteiger partial charge in [-0.3, -0.25) is 4.99 Å². The number of nitrogens with zero attached hydrogens (tertiary/aromatic N) is 3. The van der Waals surface area contributed by atoms with Crippen LogP contribution in [-0.4, -0.2) is 62.3 Å². The predicted octanol–water partition coefficient (Wildman–Crippen LogP) is 3.88. The lowest BCUT2D eigenvalue weighted by Gasteiger charge is -2.37. The van der Waals surface area contributed by atoms with Crippen LogP contribution in [0.4, 0.5) is 5.69 Å². The highest BCUT2D eigenvalue weighted by atomic mass is 127. The van der Waals surface area contributed by atoms with Crippen LogP contribution in [0.15, 0.2) is 59.6 Å². The van der Waals surface area contributed by atoms with Gasteiger partial charge in [0.25, 0.3) is 0 Å². The first-order valence-electron chi connectivity index (χ1n) is 10.3. The molecule has 1 heterocycles. The minimum absolute atomic E-state index is 0. The van der Waals surface area contributed by atoms with Crippen LogP contribution in [0.5, 0.6) is 5.75 Å². The Hall–Kier alpha value is -2.00. The highest BCUT2D eigenvalue weighted by Gasteiger charge is 2.21. The van der Waals surface area contributed by atoms with Gasteiger partial charge in [-0.05, 0) is 31.0 Å². The Labute approximate surface area is 197 Å². The Morgan fingerprint density at radius 3 is 2.40 bits per heavy atom. The summed E-state index contributed by atoms with van der Waals surface area (Å²) in [5, 5.41) is 13.5. The fourth-order valence-electron chi connectivity index (χ4n) is 3.58. The molecule has 6 nitrogen and oxygen atoms in total. The Morgan fingerprint density at radius 1 is 1.07 bits per heavy atom. The number of aromatic hydroxyl groups is 1. The van der Waals surface area contributed by atoms with E-state index < -0.39 is 0 Å². The zero-order chi connectivity index (χ0) is 20.5. The lowest BCUT2D eigenvalue weighted by atomic mass is 10.1. The molecule has 1 atom stereocenters. The number of rotatable bonds is 7. The molecule has 0 aliphatic carbocycles. The largest absolute Gasteiger partial charge is 0.506 e. The van der Waals surface area contributed by atoms with E-state index in [0.717, 1.165) is 50.8 Å². The molecule has 0 aromatic heterocycles. The summed E-state index contributed by atoms with van der Waals surface area (Å²) in [7, 11) is 1.83. The van der Waals surface area contributed by atoms with Gasteiger partial charge in [0.2, 0.25) is 0 Å². The van der Waals surface area contributed by atoms with Crippen molar-refractivity contribution in [3.05, 3.63) is 60.2 Å². The quantitative estimate of drug-likeness (QED) is 0.249. The van der Waals surface area contributed by atoms with Gasteiger partial charge in [0.15, 0.2) is 5.96 Å². The molecule has 30 heavy (non-hydrogen) atoms. The summed E-state index contributed by atoms with van der Waals surface area (Å²) in [6, 6.07) is 17.8. The van der Waals surface area contributed by atoms with Crippen LogP contribution in [0.25, 0.3) is 0 Å². The molecular weight excluding hydrogens is 491 g/mol. The lowest BCUT2D eigenvalue weighted by molar-refractivity contribution is 0.0645. The zero-order valence-corrected chi connectivity index (χ0v) is 20.2. The molecule has 1 saturated heterocycles. The molecule has 0 saturated carbocycles. The van der Waals surface area contributed by atoms with E-state index in [1.165, 1.54) is 5.56 Å². The number of ether oxygens (including phenoxy) is 1. The van der Waals surface area contributed by atoms with E-state index in [9.17, 15) is 5.11 Å². The molecule has 164 valence electrons. The van der Waals surface area contributed by atoms with Gasteiger partial charge in [0, 0.05) is 46.4 Å². The van der Waals surface area contributed by atoms with Crippen molar-refractivity contribution in [2.45, 2.75) is 19.4 Å². The number of phenols is 1.